The molecule has 3 aromatic heterocycles. The average molecular weight is 599 g/mol. The molecular weight excluding hydrogens is 569 g/mol. The Balaban J connectivity index is 1.47. The zero-order valence-electron chi connectivity index (χ0n) is 23.0. The van der Waals surface area contributed by atoms with E-state index < -0.39 is 45.4 Å². The molecule has 220 valence electrons. The molecule has 4 aromatic rings. The third-order valence-electron chi connectivity index (χ3n) is 8.58. The summed E-state index contributed by atoms with van der Waals surface area (Å²) in [5.74, 6) is -3.89. The molecule has 2 bridgehead atoms. The molecule has 1 N–H and O–H groups in total. The van der Waals surface area contributed by atoms with E-state index in [9.17, 15) is 17.6 Å². The normalized spacial score (nSPS) is 22.2. The first-order chi connectivity index (χ1) is 20.1. The molecule has 4 atom stereocenters. The number of nitrogens with one attached hydrogen (secondary N) is 1. The Morgan fingerprint density at radius 3 is 2.48 bits per heavy atom. The maximum Gasteiger partial charge on any atom is 0.311 e. The summed E-state index contributed by atoms with van der Waals surface area (Å²) in [6.07, 6.45) is 6.31. The van der Waals surface area contributed by atoms with Gasteiger partial charge in [0.15, 0.2) is 23.1 Å². The third kappa shape index (κ3) is 4.81. The van der Waals surface area contributed by atoms with Crippen LogP contribution in [0.25, 0.3) is 22.3 Å². The number of carbonyl (C=O) groups excluding carboxylic acids is 1. The van der Waals surface area contributed by atoms with Gasteiger partial charge < -0.3 is 10.1 Å². The van der Waals surface area contributed by atoms with Crippen LogP contribution in [0, 0.1) is 42.1 Å². The standard InChI is InChI=1S/C30H29F3N4O4S/c1-16-6-10-20(11-7-16)42(39,40)37-15-22(21-12-19(31)14-34-29(21)37)27-23(32)13-24(33)28(36-27)35-26-18-5-3-4-17(8-9-18)25(26)30(38)41-2/h6-7,10-15,17-18,25-26H,3-5,8-9H2,1-2H3,(H,35,36). The molecule has 4 unspecified atom stereocenters. The number of esters is 1. The monoisotopic (exact) mass is 598 g/mol. The number of carbonyl (C=O) groups is 1. The fourth-order valence-corrected chi connectivity index (χ4v) is 7.84. The number of pyridine rings is 2. The van der Waals surface area contributed by atoms with Gasteiger partial charge in [0.1, 0.15) is 11.5 Å². The van der Waals surface area contributed by atoms with Crippen LogP contribution in [0.15, 0.2) is 53.7 Å². The van der Waals surface area contributed by atoms with Crippen molar-refractivity contribution in [1.29, 1.82) is 0 Å². The van der Waals surface area contributed by atoms with E-state index in [1.807, 2.05) is 6.92 Å². The van der Waals surface area contributed by atoms with E-state index >= 15 is 8.78 Å². The van der Waals surface area contributed by atoms with Gasteiger partial charge in [-0.05, 0) is 62.6 Å². The number of hydrogen-bond donors (Lipinski definition) is 1. The van der Waals surface area contributed by atoms with E-state index in [4.69, 9.17) is 4.74 Å². The van der Waals surface area contributed by atoms with Gasteiger partial charge in [0.25, 0.3) is 10.0 Å². The van der Waals surface area contributed by atoms with Gasteiger partial charge in [-0.3, -0.25) is 4.79 Å². The lowest BCUT2D eigenvalue weighted by Gasteiger charge is -2.39. The Morgan fingerprint density at radius 1 is 1.02 bits per heavy atom. The predicted molar refractivity (Wildman–Crippen MR) is 150 cm³/mol. The van der Waals surface area contributed by atoms with Crippen LogP contribution < -0.4 is 5.32 Å². The molecule has 0 radical (unpaired) electrons. The average Bonchev–Trinajstić information content (AvgIpc) is 3.08. The summed E-state index contributed by atoms with van der Waals surface area (Å²) >= 11 is 0. The van der Waals surface area contributed by atoms with Crippen LogP contribution in [0.1, 0.15) is 37.7 Å². The lowest BCUT2D eigenvalue weighted by molar-refractivity contribution is -0.149. The fourth-order valence-electron chi connectivity index (χ4n) is 6.51. The van der Waals surface area contributed by atoms with Crippen LogP contribution in [0.4, 0.5) is 19.0 Å². The highest BCUT2D eigenvalue weighted by Gasteiger charge is 2.46. The van der Waals surface area contributed by atoms with Crippen molar-refractivity contribution in [3.63, 3.8) is 0 Å². The van der Waals surface area contributed by atoms with Crippen LogP contribution in [0.2, 0.25) is 0 Å². The number of anilines is 1. The highest BCUT2D eigenvalue weighted by Crippen LogP contribution is 2.45. The Morgan fingerprint density at radius 2 is 1.74 bits per heavy atom. The molecule has 7 rings (SSSR count). The van der Waals surface area contributed by atoms with Crippen molar-refractivity contribution < 1.29 is 31.1 Å². The Kier molecular flexibility index (Phi) is 7.20. The highest BCUT2D eigenvalue weighted by atomic mass is 32.2. The van der Waals surface area contributed by atoms with Crippen molar-refractivity contribution in [1.82, 2.24) is 13.9 Å². The molecule has 3 heterocycles. The van der Waals surface area contributed by atoms with Crippen LogP contribution in [0.5, 0.6) is 0 Å². The molecule has 0 spiro atoms. The minimum Gasteiger partial charge on any atom is -0.469 e. The number of aryl methyl sites for hydroxylation is 1. The van der Waals surface area contributed by atoms with Gasteiger partial charge in [-0.15, -0.1) is 0 Å². The van der Waals surface area contributed by atoms with E-state index in [1.165, 1.54) is 19.2 Å². The van der Waals surface area contributed by atoms with Crippen LogP contribution >= 0.6 is 0 Å². The van der Waals surface area contributed by atoms with Crippen LogP contribution in [-0.2, 0) is 19.6 Å². The zero-order valence-corrected chi connectivity index (χ0v) is 23.8. The number of ether oxygens (including phenoxy) is 1. The number of benzene rings is 1. The number of fused-ring (bicyclic) bond motifs is 5. The summed E-state index contributed by atoms with van der Waals surface area (Å²) in [6, 6.07) is 7.32. The molecule has 0 aliphatic heterocycles. The zero-order chi connectivity index (χ0) is 29.8. The van der Waals surface area contributed by atoms with E-state index in [2.05, 4.69) is 15.3 Å². The minimum absolute atomic E-state index is 0.0180. The first kappa shape index (κ1) is 28.2. The lowest BCUT2D eigenvalue weighted by atomic mass is 9.71. The van der Waals surface area contributed by atoms with E-state index in [0.29, 0.717) is 6.07 Å². The first-order valence-corrected chi connectivity index (χ1v) is 15.2. The van der Waals surface area contributed by atoms with Crippen LogP contribution in [0.3, 0.4) is 0 Å². The molecule has 1 aromatic carbocycles. The van der Waals surface area contributed by atoms with Gasteiger partial charge in [-0.1, -0.05) is 24.1 Å². The van der Waals surface area contributed by atoms with Crippen molar-refractivity contribution in [2.45, 2.75) is 50.0 Å². The van der Waals surface area contributed by atoms with Crippen molar-refractivity contribution in [2.24, 2.45) is 17.8 Å². The summed E-state index contributed by atoms with van der Waals surface area (Å²) in [7, 11) is -2.91. The van der Waals surface area contributed by atoms with Gasteiger partial charge in [-0.25, -0.2) is 35.5 Å². The van der Waals surface area contributed by atoms with Crippen molar-refractivity contribution in [3.8, 4) is 11.3 Å². The number of halogens is 3. The van der Waals surface area contributed by atoms with Crippen molar-refractivity contribution >= 4 is 32.8 Å². The molecule has 3 saturated carbocycles. The van der Waals surface area contributed by atoms with Crippen LogP contribution in [-0.4, -0.2) is 41.5 Å². The summed E-state index contributed by atoms with van der Waals surface area (Å²) in [6.45, 7) is 1.81. The quantitative estimate of drug-likeness (QED) is 0.278. The molecule has 0 saturated heterocycles. The number of rotatable bonds is 6. The number of hydrogen-bond acceptors (Lipinski definition) is 7. The van der Waals surface area contributed by atoms with Gasteiger partial charge in [0.05, 0.1) is 24.1 Å². The molecule has 3 aliphatic rings. The molecule has 0 amide bonds. The number of nitrogens with zero attached hydrogens (tertiary/aromatic N) is 3. The Labute approximate surface area is 241 Å². The second kappa shape index (κ2) is 10.7. The Bertz CT molecular complexity index is 1790. The second-order valence-corrected chi connectivity index (χ2v) is 12.9. The molecule has 12 heteroatoms. The molecule has 3 fully saturated rings. The van der Waals surface area contributed by atoms with E-state index in [1.54, 1.807) is 12.1 Å². The number of methoxy groups -OCH3 is 1. The molecule has 8 nitrogen and oxygen atoms in total. The number of aromatic nitrogens is 3. The van der Waals surface area contributed by atoms with Gasteiger partial charge in [-0.2, -0.15) is 0 Å². The third-order valence-corrected chi connectivity index (χ3v) is 10.2. The van der Waals surface area contributed by atoms with Gasteiger partial charge in [0.2, 0.25) is 0 Å². The van der Waals surface area contributed by atoms with E-state index in [0.717, 1.165) is 60.1 Å². The maximum absolute atomic E-state index is 15.4. The van der Waals surface area contributed by atoms with Gasteiger partial charge >= 0.3 is 5.97 Å². The summed E-state index contributed by atoms with van der Waals surface area (Å²) < 4.78 is 78.1. The largest absolute Gasteiger partial charge is 0.469 e. The second-order valence-electron chi connectivity index (χ2n) is 11.1. The summed E-state index contributed by atoms with van der Waals surface area (Å²) in [5.41, 5.74) is 0.239. The topological polar surface area (TPSA) is 103 Å². The summed E-state index contributed by atoms with van der Waals surface area (Å²) in [5, 5.41) is 3.06. The molecular formula is C30H29F3N4O4S. The van der Waals surface area contributed by atoms with E-state index in [-0.39, 0.29) is 44.8 Å². The van der Waals surface area contributed by atoms with Gasteiger partial charge in [0, 0.05) is 29.3 Å². The van der Waals surface area contributed by atoms with Crippen molar-refractivity contribution in [3.05, 3.63) is 71.8 Å². The lowest BCUT2D eigenvalue weighted by Crippen LogP contribution is -2.47. The highest BCUT2D eigenvalue weighted by molar-refractivity contribution is 7.90. The van der Waals surface area contributed by atoms with Crippen molar-refractivity contribution in [2.75, 3.05) is 12.4 Å². The Hall–Kier alpha value is -3.93. The molecule has 3 aliphatic carbocycles. The maximum atomic E-state index is 15.4. The summed E-state index contributed by atoms with van der Waals surface area (Å²) in [4.78, 5) is 21.0. The fraction of sp³-hybridized carbons (Fsp3) is 0.367. The molecule has 42 heavy (non-hydrogen) atoms. The SMILES string of the molecule is COC(=O)C1C2CCCC(CC2)C1Nc1nc(-c2cn(S(=O)(=O)c3ccc(C)cc3)c3ncc(F)cc23)c(F)cc1F. The predicted octanol–water partition coefficient (Wildman–Crippen LogP) is 5.84. The minimum atomic E-state index is -4.23. The smallest absolute Gasteiger partial charge is 0.311 e. The first-order valence-electron chi connectivity index (χ1n) is 13.8.